The lowest BCUT2D eigenvalue weighted by Gasteiger charge is -2.38. The normalized spacial score (nSPS) is 20.4. The minimum Gasteiger partial charge on any atom is -0.378 e. The summed E-state index contributed by atoms with van der Waals surface area (Å²) in [7, 11) is 0. The number of fused-ring (bicyclic) bond motifs is 1. The molecule has 0 aliphatic carbocycles. The predicted molar refractivity (Wildman–Crippen MR) is 89.3 cm³/mol. The van der Waals surface area contributed by atoms with E-state index in [1.807, 2.05) is 36.4 Å². The van der Waals surface area contributed by atoms with Crippen LogP contribution < -0.4 is 10.2 Å². The smallest absolute Gasteiger partial charge is 0.225 e. The summed E-state index contributed by atoms with van der Waals surface area (Å²) < 4.78 is 0. The van der Waals surface area contributed by atoms with Gasteiger partial charge >= 0.3 is 0 Å². The molecule has 1 N–H and O–H groups in total. The molecule has 2 atom stereocenters. The van der Waals surface area contributed by atoms with Crippen LogP contribution in [0.4, 0.5) is 11.5 Å². The molecule has 1 aromatic carbocycles. The number of carbonyl (C=O) groups is 1. The second kappa shape index (κ2) is 5.97. The zero-order valence-electron chi connectivity index (χ0n) is 12.6. The van der Waals surface area contributed by atoms with Crippen molar-refractivity contribution in [2.75, 3.05) is 10.2 Å². The van der Waals surface area contributed by atoms with Crippen LogP contribution in [0.15, 0.2) is 42.6 Å². The van der Waals surface area contributed by atoms with Crippen LogP contribution in [0.5, 0.6) is 0 Å². The largest absolute Gasteiger partial charge is 0.378 e. The molecule has 0 saturated heterocycles. The maximum absolute atomic E-state index is 11.9. The highest BCUT2D eigenvalue weighted by Gasteiger charge is 2.33. The van der Waals surface area contributed by atoms with E-state index in [9.17, 15) is 4.79 Å². The van der Waals surface area contributed by atoms with E-state index < -0.39 is 0 Å². The number of benzene rings is 1. The zero-order valence-corrected chi connectivity index (χ0v) is 13.3. The van der Waals surface area contributed by atoms with Crippen molar-refractivity contribution in [1.82, 2.24) is 4.98 Å². The zero-order chi connectivity index (χ0) is 15.7. The molecule has 4 nitrogen and oxygen atoms in total. The number of pyridine rings is 1. The van der Waals surface area contributed by atoms with Crippen molar-refractivity contribution in [3.8, 4) is 0 Å². The fraction of sp³-hybridized carbons (Fsp3) is 0.294. The molecule has 3 rings (SSSR count). The number of nitrogens with one attached hydrogen (secondary N) is 1. The predicted octanol–water partition coefficient (Wildman–Crippen LogP) is 4.03. The summed E-state index contributed by atoms with van der Waals surface area (Å²) in [6.07, 6.45) is 2.56. The van der Waals surface area contributed by atoms with E-state index in [0.717, 1.165) is 23.5 Å². The molecule has 1 amide bonds. The van der Waals surface area contributed by atoms with Crippen molar-refractivity contribution >= 4 is 29.0 Å². The molecule has 5 heteroatoms. The highest BCUT2D eigenvalue weighted by atomic mass is 35.5. The molecule has 2 heterocycles. The number of aromatic nitrogens is 1. The van der Waals surface area contributed by atoms with E-state index in [1.54, 1.807) is 18.0 Å². The van der Waals surface area contributed by atoms with Crippen molar-refractivity contribution in [1.29, 1.82) is 0 Å². The molecular weight excluding hydrogens is 298 g/mol. The third kappa shape index (κ3) is 2.79. The molecule has 0 spiro atoms. The van der Waals surface area contributed by atoms with Crippen LogP contribution >= 0.6 is 11.6 Å². The quantitative estimate of drug-likeness (QED) is 0.910. The summed E-state index contributed by atoms with van der Waals surface area (Å²) in [5.41, 5.74) is 2.05. The Labute approximate surface area is 135 Å². The van der Waals surface area contributed by atoms with Gasteiger partial charge in [-0.25, -0.2) is 4.98 Å². The lowest BCUT2D eigenvalue weighted by Crippen LogP contribution is -2.43. The van der Waals surface area contributed by atoms with Crippen LogP contribution in [0, 0.1) is 0 Å². The van der Waals surface area contributed by atoms with Crippen LogP contribution in [0.25, 0.3) is 0 Å². The van der Waals surface area contributed by atoms with Gasteiger partial charge in [0.2, 0.25) is 5.91 Å². The van der Waals surface area contributed by atoms with Crippen LogP contribution in [0.1, 0.15) is 31.9 Å². The Morgan fingerprint density at radius 3 is 2.73 bits per heavy atom. The SMILES string of the molecule is CC(=O)N1c2ncccc2C(Nc2ccc(Cl)cc2)CC1C. The molecule has 1 aliphatic rings. The molecule has 0 fully saturated rings. The summed E-state index contributed by atoms with van der Waals surface area (Å²) in [4.78, 5) is 18.1. The van der Waals surface area contributed by atoms with E-state index >= 15 is 0 Å². The van der Waals surface area contributed by atoms with Gasteiger partial charge in [-0.3, -0.25) is 9.69 Å². The molecule has 0 radical (unpaired) electrons. The Hall–Kier alpha value is -2.07. The molecule has 2 aromatic rings. The Kier molecular flexibility index (Phi) is 4.03. The average Bonchev–Trinajstić information content (AvgIpc) is 2.49. The van der Waals surface area contributed by atoms with Crippen molar-refractivity contribution < 1.29 is 4.79 Å². The summed E-state index contributed by atoms with van der Waals surface area (Å²) in [5, 5.41) is 4.23. The highest BCUT2D eigenvalue weighted by molar-refractivity contribution is 6.30. The highest BCUT2D eigenvalue weighted by Crippen LogP contribution is 2.37. The Balaban J connectivity index is 1.94. The van der Waals surface area contributed by atoms with Crippen LogP contribution in [0.2, 0.25) is 5.02 Å². The second-order valence-electron chi connectivity index (χ2n) is 5.59. The van der Waals surface area contributed by atoms with E-state index in [1.165, 1.54) is 0 Å². The maximum Gasteiger partial charge on any atom is 0.225 e. The summed E-state index contributed by atoms with van der Waals surface area (Å²) in [6, 6.07) is 11.8. The van der Waals surface area contributed by atoms with E-state index in [4.69, 9.17) is 11.6 Å². The van der Waals surface area contributed by atoms with E-state index in [-0.39, 0.29) is 18.0 Å². The molecular formula is C17H18ClN3O. The minimum atomic E-state index is 0.0254. The number of hydrogen-bond donors (Lipinski definition) is 1. The van der Waals surface area contributed by atoms with Gasteiger partial charge in [0.15, 0.2) is 0 Å². The number of amides is 1. The monoisotopic (exact) mass is 315 g/mol. The van der Waals surface area contributed by atoms with Gasteiger partial charge < -0.3 is 5.32 Å². The molecule has 114 valence electrons. The Bertz CT molecular complexity index is 687. The van der Waals surface area contributed by atoms with Gasteiger partial charge in [-0.2, -0.15) is 0 Å². The number of carbonyl (C=O) groups excluding carboxylic acids is 1. The van der Waals surface area contributed by atoms with Crippen molar-refractivity contribution in [3.63, 3.8) is 0 Å². The Morgan fingerprint density at radius 1 is 1.32 bits per heavy atom. The minimum absolute atomic E-state index is 0.0254. The van der Waals surface area contributed by atoms with Gasteiger partial charge in [0.25, 0.3) is 0 Å². The first-order valence-electron chi connectivity index (χ1n) is 7.33. The summed E-state index contributed by atoms with van der Waals surface area (Å²) in [5.74, 6) is 0.776. The number of nitrogens with zero attached hydrogens (tertiary/aromatic N) is 2. The van der Waals surface area contributed by atoms with Crippen molar-refractivity contribution in [2.24, 2.45) is 0 Å². The Morgan fingerprint density at radius 2 is 2.05 bits per heavy atom. The summed E-state index contributed by atoms with van der Waals surface area (Å²) in [6.45, 7) is 3.64. The lowest BCUT2D eigenvalue weighted by molar-refractivity contribution is -0.117. The van der Waals surface area contributed by atoms with Gasteiger partial charge in [0.1, 0.15) is 5.82 Å². The first kappa shape index (κ1) is 14.9. The standard InChI is InChI=1S/C17H18ClN3O/c1-11-10-16(20-14-7-5-13(18)6-8-14)15-4-3-9-19-17(15)21(11)12(2)22/h3-9,11,16,20H,10H2,1-2H3. The van der Waals surface area contributed by atoms with Crippen molar-refractivity contribution in [2.45, 2.75) is 32.4 Å². The van der Waals surface area contributed by atoms with Gasteiger partial charge in [0.05, 0.1) is 6.04 Å². The average molecular weight is 316 g/mol. The van der Waals surface area contributed by atoms with E-state index in [0.29, 0.717) is 5.02 Å². The molecule has 1 aromatic heterocycles. The van der Waals surface area contributed by atoms with Gasteiger partial charge in [-0.15, -0.1) is 0 Å². The number of hydrogen-bond acceptors (Lipinski definition) is 3. The molecule has 1 aliphatic heterocycles. The number of anilines is 2. The third-order valence-electron chi connectivity index (χ3n) is 3.96. The fourth-order valence-corrected chi connectivity index (χ4v) is 3.13. The molecule has 0 saturated carbocycles. The first-order valence-corrected chi connectivity index (χ1v) is 7.71. The van der Waals surface area contributed by atoms with Crippen LogP contribution in [-0.4, -0.2) is 16.9 Å². The first-order chi connectivity index (χ1) is 10.6. The van der Waals surface area contributed by atoms with Gasteiger partial charge in [-0.1, -0.05) is 17.7 Å². The topological polar surface area (TPSA) is 45.2 Å². The van der Waals surface area contributed by atoms with Gasteiger partial charge in [-0.05, 0) is 43.7 Å². The number of halogens is 1. The third-order valence-corrected chi connectivity index (χ3v) is 4.21. The summed E-state index contributed by atoms with van der Waals surface area (Å²) >= 11 is 5.93. The van der Waals surface area contributed by atoms with Crippen molar-refractivity contribution in [3.05, 3.63) is 53.2 Å². The van der Waals surface area contributed by atoms with E-state index in [2.05, 4.69) is 17.2 Å². The molecule has 2 unspecified atom stereocenters. The fourth-order valence-electron chi connectivity index (χ4n) is 3.01. The molecule has 0 bridgehead atoms. The lowest BCUT2D eigenvalue weighted by atomic mass is 9.94. The van der Waals surface area contributed by atoms with Crippen LogP contribution in [-0.2, 0) is 4.79 Å². The maximum atomic E-state index is 11.9. The van der Waals surface area contributed by atoms with Gasteiger partial charge in [0, 0.05) is 35.4 Å². The second-order valence-corrected chi connectivity index (χ2v) is 6.03. The van der Waals surface area contributed by atoms with Crippen LogP contribution in [0.3, 0.4) is 0 Å². The molecule has 22 heavy (non-hydrogen) atoms. The number of rotatable bonds is 2.